The van der Waals surface area contributed by atoms with Gasteiger partial charge in [0.15, 0.2) is 0 Å². The molecule has 0 aliphatic carbocycles. The van der Waals surface area contributed by atoms with Gasteiger partial charge in [0.1, 0.15) is 11.3 Å². The fourth-order valence-corrected chi connectivity index (χ4v) is 1.81. The zero-order chi connectivity index (χ0) is 10.8. The van der Waals surface area contributed by atoms with E-state index in [9.17, 15) is 0 Å². The lowest BCUT2D eigenvalue weighted by Gasteiger charge is -2.09. The molecule has 0 aliphatic heterocycles. The predicted molar refractivity (Wildman–Crippen MR) is 62.4 cm³/mol. The molecule has 0 radical (unpaired) electrons. The van der Waals surface area contributed by atoms with Gasteiger partial charge >= 0.3 is 0 Å². The molecule has 0 N–H and O–H groups in total. The smallest absolute Gasteiger partial charge is 0.148 e. The van der Waals surface area contributed by atoms with Crippen LogP contribution in [-0.4, -0.2) is 12.1 Å². The molecule has 0 spiro atoms. The Hall–Kier alpha value is -1.57. The summed E-state index contributed by atoms with van der Waals surface area (Å²) in [5, 5.41) is 1.13. The summed E-state index contributed by atoms with van der Waals surface area (Å²) < 4.78 is 5.44. The van der Waals surface area contributed by atoms with Gasteiger partial charge in [-0.3, -0.25) is 0 Å². The Morgan fingerprint density at radius 3 is 2.60 bits per heavy atom. The summed E-state index contributed by atoms with van der Waals surface area (Å²) in [6.45, 7) is 4.12. The van der Waals surface area contributed by atoms with Gasteiger partial charge in [0.25, 0.3) is 0 Å². The van der Waals surface area contributed by atoms with Crippen molar-refractivity contribution < 1.29 is 4.74 Å². The number of pyridine rings is 1. The fourth-order valence-electron chi connectivity index (χ4n) is 1.81. The molecule has 0 amide bonds. The van der Waals surface area contributed by atoms with Gasteiger partial charge in [-0.1, -0.05) is 25.1 Å². The first-order valence-corrected chi connectivity index (χ1v) is 5.19. The van der Waals surface area contributed by atoms with Gasteiger partial charge < -0.3 is 4.74 Å². The van der Waals surface area contributed by atoms with Gasteiger partial charge in [-0.15, -0.1) is 0 Å². The van der Waals surface area contributed by atoms with Crippen LogP contribution in [0.15, 0.2) is 24.3 Å². The lowest BCUT2D eigenvalue weighted by Crippen LogP contribution is -1.94. The normalized spacial score (nSPS) is 10.6. The number of ether oxygens (including phenoxy) is 1. The molecule has 2 heteroatoms. The Bertz CT molecular complexity index is 491. The van der Waals surface area contributed by atoms with E-state index in [0.717, 1.165) is 28.8 Å². The van der Waals surface area contributed by atoms with Crippen LogP contribution in [0.25, 0.3) is 10.9 Å². The third kappa shape index (κ3) is 1.67. The summed E-state index contributed by atoms with van der Waals surface area (Å²) in [7, 11) is 1.71. The number of aromatic nitrogens is 1. The Balaban J connectivity index is 2.79. The van der Waals surface area contributed by atoms with Crippen LogP contribution in [0.5, 0.6) is 5.75 Å². The van der Waals surface area contributed by atoms with Crippen molar-refractivity contribution in [1.29, 1.82) is 0 Å². The highest BCUT2D eigenvalue weighted by molar-refractivity contribution is 5.86. The first-order valence-electron chi connectivity index (χ1n) is 5.19. The minimum absolute atomic E-state index is 0.915. The Morgan fingerprint density at radius 1 is 1.20 bits per heavy atom. The molecule has 0 atom stereocenters. The van der Waals surface area contributed by atoms with E-state index < -0.39 is 0 Å². The number of fused-ring (bicyclic) bond motifs is 1. The Morgan fingerprint density at radius 2 is 1.93 bits per heavy atom. The minimum Gasteiger partial charge on any atom is -0.494 e. The van der Waals surface area contributed by atoms with Gasteiger partial charge in [0.2, 0.25) is 0 Å². The molecule has 78 valence electrons. The number of benzene rings is 1. The zero-order valence-electron chi connectivity index (χ0n) is 9.37. The summed E-state index contributed by atoms with van der Waals surface area (Å²) in [6.07, 6.45) is 0.967. The summed E-state index contributed by atoms with van der Waals surface area (Å²) in [6, 6.07) is 8.31. The molecule has 1 aromatic heterocycles. The van der Waals surface area contributed by atoms with Crippen molar-refractivity contribution in [3.8, 4) is 5.75 Å². The second kappa shape index (κ2) is 3.89. The van der Waals surface area contributed by atoms with Crippen molar-refractivity contribution in [2.75, 3.05) is 7.11 Å². The van der Waals surface area contributed by atoms with E-state index in [1.54, 1.807) is 7.11 Å². The van der Waals surface area contributed by atoms with Crippen LogP contribution >= 0.6 is 0 Å². The van der Waals surface area contributed by atoms with E-state index in [1.807, 2.05) is 13.0 Å². The number of hydrogen-bond donors (Lipinski definition) is 0. The first-order chi connectivity index (χ1) is 7.26. The lowest BCUT2D eigenvalue weighted by molar-refractivity contribution is 0.414. The molecule has 2 rings (SSSR count). The topological polar surface area (TPSA) is 22.1 Å². The maximum Gasteiger partial charge on any atom is 0.148 e. The molecule has 15 heavy (non-hydrogen) atoms. The van der Waals surface area contributed by atoms with Crippen molar-refractivity contribution in [1.82, 2.24) is 4.98 Å². The molecular formula is C13H15NO. The van der Waals surface area contributed by atoms with Gasteiger partial charge in [-0.05, 0) is 25.0 Å². The highest BCUT2D eigenvalue weighted by atomic mass is 16.5. The standard InChI is InChI=1S/C13H15NO/c1-4-10-7-8-11-6-5-9(2)14-12(11)13(10)15-3/h5-8H,4H2,1-3H3. The van der Waals surface area contributed by atoms with Crippen molar-refractivity contribution in [2.24, 2.45) is 0 Å². The van der Waals surface area contributed by atoms with Crippen LogP contribution in [0.3, 0.4) is 0 Å². The van der Waals surface area contributed by atoms with Crippen molar-refractivity contribution in [3.63, 3.8) is 0 Å². The van der Waals surface area contributed by atoms with Crippen LogP contribution in [0.2, 0.25) is 0 Å². The van der Waals surface area contributed by atoms with E-state index in [-0.39, 0.29) is 0 Å². The molecule has 0 aliphatic rings. The van der Waals surface area contributed by atoms with Crippen LogP contribution in [0, 0.1) is 6.92 Å². The van der Waals surface area contributed by atoms with Crippen molar-refractivity contribution >= 4 is 10.9 Å². The van der Waals surface area contributed by atoms with Crippen LogP contribution in [0.4, 0.5) is 0 Å². The maximum absolute atomic E-state index is 5.44. The van der Waals surface area contributed by atoms with Gasteiger partial charge in [0, 0.05) is 11.1 Å². The number of methoxy groups -OCH3 is 1. The van der Waals surface area contributed by atoms with Crippen LogP contribution < -0.4 is 4.74 Å². The zero-order valence-corrected chi connectivity index (χ0v) is 9.37. The highest BCUT2D eigenvalue weighted by Crippen LogP contribution is 2.28. The number of nitrogens with zero attached hydrogens (tertiary/aromatic N) is 1. The van der Waals surface area contributed by atoms with E-state index >= 15 is 0 Å². The van der Waals surface area contributed by atoms with Crippen molar-refractivity contribution in [3.05, 3.63) is 35.5 Å². The quantitative estimate of drug-likeness (QED) is 0.744. The average Bonchev–Trinajstić information content (AvgIpc) is 2.27. The Labute approximate surface area is 89.9 Å². The Kier molecular flexibility index (Phi) is 2.58. The number of hydrogen-bond acceptors (Lipinski definition) is 2. The van der Waals surface area contributed by atoms with Gasteiger partial charge in [-0.2, -0.15) is 0 Å². The predicted octanol–water partition coefficient (Wildman–Crippen LogP) is 3.11. The van der Waals surface area contributed by atoms with Gasteiger partial charge in [0.05, 0.1) is 7.11 Å². The monoisotopic (exact) mass is 201 g/mol. The number of aryl methyl sites for hydroxylation is 2. The summed E-state index contributed by atoms with van der Waals surface area (Å²) in [5.74, 6) is 0.915. The van der Waals surface area contributed by atoms with Crippen LogP contribution in [0.1, 0.15) is 18.2 Å². The molecule has 2 nitrogen and oxygen atoms in total. The molecule has 0 saturated heterocycles. The molecule has 1 aromatic carbocycles. The molecule has 0 fully saturated rings. The molecule has 1 heterocycles. The largest absolute Gasteiger partial charge is 0.494 e. The summed E-state index contributed by atoms with van der Waals surface area (Å²) in [4.78, 5) is 4.53. The van der Waals surface area contributed by atoms with Crippen molar-refractivity contribution in [2.45, 2.75) is 20.3 Å². The second-order valence-corrected chi connectivity index (χ2v) is 3.64. The molecule has 0 saturated carbocycles. The third-order valence-corrected chi connectivity index (χ3v) is 2.62. The number of rotatable bonds is 2. The van der Waals surface area contributed by atoms with E-state index in [0.29, 0.717) is 0 Å². The minimum atomic E-state index is 0.915. The SMILES string of the molecule is CCc1ccc2ccc(C)nc2c1OC. The van der Waals surface area contributed by atoms with E-state index in [4.69, 9.17) is 4.74 Å². The van der Waals surface area contributed by atoms with E-state index in [1.165, 1.54) is 5.56 Å². The summed E-state index contributed by atoms with van der Waals surface area (Å²) in [5.41, 5.74) is 3.20. The van der Waals surface area contributed by atoms with Crippen LogP contribution in [-0.2, 0) is 6.42 Å². The fraction of sp³-hybridized carbons (Fsp3) is 0.308. The molecule has 0 bridgehead atoms. The third-order valence-electron chi connectivity index (χ3n) is 2.62. The van der Waals surface area contributed by atoms with E-state index in [2.05, 4.69) is 30.1 Å². The summed E-state index contributed by atoms with van der Waals surface area (Å²) >= 11 is 0. The molecule has 0 unspecified atom stereocenters. The lowest BCUT2D eigenvalue weighted by atomic mass is 10.1. The average molecular weight is 201 g/mol. The maximum atomic E-state index is 5.44. The highest BCUT2D eigenvalue weighted by Gasteiger charge is 2.07. The molecule has 2 aromatic rings. The van der Waals surface area contributed by atoms with Gasteiger partial charge in [-0.25, -0.2) is 4.98 Å². The molecular weight excluding hydrogens is 186 g/mol. The second-order valence-electron chi connectivity index (χ2n) is 3.64. The first kappa shape index (κ1) is 9.97.